The number of halogens is 2. The first-order valence-electron chi connectivity index (χ1n) is 8.45. The number of carbonyl (C=O) groups is 1. The molecule has 5 nitrogen and oxygen atoms in total. The summed E-state index contributed by atoms with van der Waals surface area (Å²) in [4.78, 5) is 14.5. The fraction of sp³-hybridized carbons (Fsp3) is 0.316. The standard InChI is InChI=1S/C19H19Cl2NO4S/c1-26-14-3-5-15(6-4-14)27(24,25)16-8-10-22(11-9-16)19(23)13-2-7-17(20)18(21)12-13/h2-7,12,16H,8-11H2,1H3. The molecule has 3 rings (SSSR count). The number of ether oxygens (including phenoxy) is 1. The van der Waals surface area contributed by atoms with Crippen LogP contribution in [0.15, 0.2) is 47.4 Å². The van der Waals surface area contributed by atoms with Crippen LogP contribution in [0.1, 0.15) is 23.2 Å². The van der Waals surface area contributed by atoms with Gasteiger partial charge in [-0.15, -0.1) is 0 Å². The molecule has 0 radical (unpaired) electrons. The van der Waals surface area contributed by atoms with E-state index < -0.39 is 15.1 Å². The number of hydrogen-bond donors (Lipinski definition) is 0. The summed E-state index contributed by atoms with van der Waals surface area (Å²) in [6.07, 6.45) is 0.781. The van der Waals surface area contributed by atoms with Crippen molar-refractivity contribution in [2.45, 2.75) is 23.0 Å². The second-order valence-corrected chi connectivity index (χ2v) is 9.38. The molecule has 0 atom stereocenters. The Bertz CT molecular complexity index is 937. The van der Waals surface area contributed by atoms with Gasteiger partial charge in [-0.3, -0.25) is 4.79 Å². The van der Waals surface area contributed by atoms with E-state index in [2.05, 4.69) is 0 Å². The van der Waals surface area contributed by atoms with E-state index >= 15 is 0 Å². The third kappa shape index (κ3) is 4.23. The van der Waals surface area contributed by atoms with Crippen molar-refractivity contribution in [3.05, 3.63) is 58.1 Å². The fourth-order valence-electron chi connectivity index (χ4n) is 3.14. The maximum Gasteiger partial charge on any atom is 0.253 e. The zero-order valence-electron chi connectivity index (χ0n) is 14.7. The molecule has 144 valence electrons. The molecule has 1 aliphatic rings. The Morgan fingerprint density at radius 1 is 1.04 bits per heavy atom. The summed E-state index contributed by atoms with van der Waals surface area (Å²) in [7, 11) is -1.91. The van der Waals surface area contributed by atoms with Gasteiger partial charge < -0.3 is 9.64 Å². The normalized spacial score (nSPS) is 15.6. The van der Waals surface area contributed by atoms with Crippen LogP contribution in [0.5, 0.6) is 5.75 Å². The first-order chi connectivity index (χ1) is 12.8. The highest BCUT2D eigenvalue weighted by molar-refractivity contribution is 7.92. The largest absolute Gasteiger partial charge is 0.497 e. The average molecular weight is 428 g/mol. The van der Waals surface area contributed by atoms with Gasteiger partial charge in [0.1, 0.15) is 5.75 Å². The number of amides is 1. The van der Waals surface area contributed by atoms with Gasteiger partial charge in [0.15, 0.2) is 9.84 Å². The summed E-state index contributed by atoms with van der Waals surface area (Å²) in [5.74, 6) is 0.435. The van der Waals surface area contributed by atoms with E-state index in [9.17, 15) is 13.2 Å². The number of hydrogen-bond acceptors (Lipinski definition) is 4. The molecule has 1 saturated heterocycles. The van der Waals surface area contributed by atoms with Crippen LogP contribution in [0.2, 0.25) is 10.0 Å². The van der Waals surface area contributed by atoms with Crippen LogP contribution in [0.4, 0.5) is 0 Å². The van der Waals surface area contributed by atoms with Gasteiger partial charge in [0, 0.05) is 18.7 Å². The molecule has 0 aliphatic carbocycles. The lowest BCUT2D eigenvalue weighted by Crippen LogP contribution is -2.42. The predicted octanol–water partition coefficient (Wildman–Crippen LogP) is 4.08. The first kappa shape index (κ1) is 20.0. The fourth-order valence-corrected chi connectivity index (χ4v) is 5.17. The van der Waals surface area contributed by atoms with Crippen LogP contribution in [-0.2, 0) is 9.84 Å². The summed E-state index contributed by atoms with van der Waals surface area (Å²) in [6.45, 7) is 0.748. The number of piperidine rings is 1. The van der Waals surface area contributed by atoms with Gasteiger partial charge in [0.05, 0.1) is 27.3 Å². The van der Waals surface area contributed by atoms with Crippen molar-refractivity contribution in [3.8, 4) is 5.75 Å². The summed E-state index contributed by atoms with van der Waals surface area (Å²) in [6, 6.07) is 11.1. The molecular weight excluding hydrogens is 409 g/mol. The van der Waals surface area contributed by atoms with E-state index in [1.807, 2.05) is 0 Å². The number of methoxy groups -OCH3 is 1. The Hall–Kier alpha value is -1.76. The van der Waals surface area contributed by atoms with E-state index in [0.717, 1.165) is 0 Å². The van der Waals surface area contributed by atoms with Crippen molar-refractivity contribution >= 4 is 38.9 Å². The third-order valence-electron chi connectivity index (χ3n) is 4.72. The topological polar surface area (TPSA) is 63.7 Å². The van der Waals surface area contributed by atoms with Gasteiger partial charge in [-0.2, -0.15) is 0 Å². The molecule has 27 heavy (non-hydrogen) atoms. The Kier molecular flexibility index (Phi) is 5.99. The number of sulfone groups is 1. The van der Waals surface area contributed by atoms with Crippen molar-refractivity contribution in [2.75, 3.05) is 20.2 Å². The lowest BCUT2D eigenvalue weighted by atomic mass is 10.1. The molecule has 8 heteroatoms. The second-order valence-electron chi connectivity index (χ2n) is 6.34. The molecule has 0 saturated carbocycles. The highest BCUT2D eigenvalue weighted by atomic mass is 35.5. The van der Waals surface area contributed by atoms with E-state index in [1.54, 1.807) is 41.3 Å². The Labute approximate surface area is 168 Å². The predicted molar refractivity (Wildman–Crippen MR) is 106 cm³/mol. The summed E-state index contributed by atoms with van der Waals surface area (Å²) in [5, 5.41) is 0.195. The lowest BCUT2D eigenvalue weighted by molar-refractivity contribution is 0.0725. The average Bonchev–Trinajstić information content (AvgIpc) is 2.69. The highest BCUT2D eigenvalue weighted by Crippen LogP contribution is 2.28. The van der Waals surface area contributed by atoms with Crippen molar-refractivity contribution in [1.29, 1.82) is 0 Å². The third-order valence-corrected chi connectivity index (χ3v) is 7.74. The molecule has 1 fully saturated rings. The summed E-state index contributed by atoms with van der Waals surface area (Å²) >= 11 is 11.9. The van der Waals surface area contributed by atoms with Crippen LogP contribution in [0.25, 0.3) is 0 Å². The van der Waals surface area contributed by atoms with Crippen LogP contribution >= 0.6 is 23.2 Å². The number of benzene rings is 2. The van der Waals surface area contributed by atoms with Crippen LogP contribution in [-0.4, -0.2) is 44.7 Å². The van der Waals surface area contributed by atoms with Gasteiger partial charge >= 0.3 is 0 Å². The molecule has 2 aromatic carbocycles. The van der Waals surface area contributed by atoms with Crippen LogP contribution in [0.3, 0.4) is 0 Å². The lowest BCUT2D eigenvalue weighted by Gasteiger charge is -2.32. The number of carbonyl (C=O) groups excluding carboxylic acids is 1. The minimum atomic E-state index is -3.45. The maximum atomic E-state index is 12.8. The van der Waals surface area contributed by atoms with Gasteiger partial charge in [0.25, 0.3) is 5.91 Å². The zero-order valence-corrected chi connectivity index (χ0v) is 17.0. The van der Waals surface area contributed by atoms with Crippen LogP contribution in [0, 0.1) is 0 Å². The highest BCUT2D eigenvalue weighted by Gasteiger charge is 2.33. The molecule has 1 aliphatic heterocycles. The van der Waals surface area contributed by atoms with Crippen LogP contribution < -0.4 is 4.74 Å². The van der Waals surface area contributed by atoms with E-state index in [4.69, 9.17) is 27.9 Å². The molecule has 0 bridgehead atoms. The van der Waals surface area contributed by atoms with Crippen molar-refractivity contribution in [2.24, 2.45) is 0 Å². The van der Waals surface area contributed by atoms with Crippen molar-refractivity contribution < 1.29 is 17.9 Å². The Morgan fingerprint density at radius 2 is 1.67 bits per heavy atom. The van der Waals surface area contributed by atoms with Crippen molar-refractivity contribution in [1.82, 2.24) is 4.90 Å². The second kappa shape index (κ2) is 8.09. The van der Waals surface area contributed by atoms with E-state index in [1.165, 1.54) is 13.2 Å². The molecule has 0 unspecified atom stereocenters. The minimum absolute atomic E-state index is 0.172. The molecule has 0 N–H and O–H groups in total. The van der Waals surface area contributed by atoms with E-state index in [-0.39, 0.29) is 10.8 Å². The molecule has 1 heterocycles. The molecule has 0 aromatic heterocycles. The quantitative estimate of drug-likeness (QED) is 0.736. The molecule has 2 aromatic rings. The number of nitrogens with zero attached hydrogens (tertiary/aromatic N) is 1. The number of likely N-dealkylation sites (tertiary alicyclic amines) is 1. The SMILES string of the molecule is COc1ccc(S(=O)(=O)C2CCN(C(=O)c3ccc(Cl)c(Cl)c3)CC2)cc1. The molecule has 1 amide bonds. The van der Waals surface area contributed by atoms with E-state index in [0.29, 0.717) is 47.3 Å². The monoisotopic (exact) mass is 427 g/mol. The maximum absolute atomic E-state index is 12.8. The minimum Gasteiger partial charge on any atom is -0.497 e. The zero-order chi connectivity index (χ0) is 19.6. The van der Waals surface area contributed by atoms with Gasteiger partial charge in [0.2, 0.25) is 0 Å². The number of rotatable bonds is 4. The first-order valence-corrected chi connectivity index (χ1v) is 10.8. The Morgan fingerprint density at radius 3 is 2.22 bits per heavy atom. The van der Waals surface area contributed by atoms with Gasteiger partial charge in [-0.25, -0.2) is 8.42 Å². The Balaban J connectivity index is 1.68. The molecular formula is C19H19Cl2NO4S. The molecule has 0 spiro atoms. The summed E-state index contributed by atoms with van der Waals surface area (Å²) in [5.41, 5.74) is 0.445. The van der Waals surface area contributed by atoms with Gasteiger partial charge in [-0.1, -0.05) is 23.2 Å². The van der Waals surface area contributed by atoms with Gasteiger partial charge in [-0.05, 0) is 55.3 Å². The van der Waals surface area contributed by atoms with Crippen molar-refractivity contribution in [3.63, 3.8) is 0 Å². The smallest absolute Gasteiger partial charge is 0.253 e. The summed E-state index contributed by atoms with van der Waals surface area (Å²) < 4.78 is 30.7.